The molecule has 0 aliphatic heterocycles. The van der Waals surface area contributed by atoms with Gasteiger partial charge < -0.3 is 51.8 Å². The van der Waals surface area contributed by atoms with Crippen LogP contribution < -0.4 is 0 Å². The Kier molecular flexibility index (Phi) is 21.8. The van der Waals surface area contributed by atoms with E-state index in [2.05, 4.69) is 64.2 Å². The topological polar surface area (TPSA) is 0 Å². The molecule has 0 N–H and O–H groups in total. The van der Waals surface area contributed by atoms with Crippen molar-refractivity contribution in [2.45, 2.75) is 40.5 Å². The van der Waals surface area contributed by atoms with E-state index < -0.39 is 21.8 Å². The predicted molar refractivity (Wildman–Crippen MR) is 101 cm³/mol. The summed E-state index contributed by atoms with van der Waals surface area (Å²) in [5.41, 5.74) is 2.73. The summed E-state index contributed by atoms with van der Waals surface area (Å²) < 4.78 is 117. The quantitative estimate of drug-likeness (QED) is 0.192. The maximum atomic E-state index is 9.75. The summed E-state index contributed by atoms with van der Waals surface area (Å²) >= 11 is 0. The fourth-order valence-corrected chi connectivity index (χ4v) is 1.64. The van der Waals surface area contributed by atoms with Gasteiger partial charge >= 0.3 is 39.1 Å². The zero-order valence-corrected chi connectivity index (χ0v) is 18.8. The Labute approximate surface area is 191 Å². The van der Waals surface area contributed by atoms with Gasteiger partial charge in [-0.05, 0) is 0 Å². The van der Waals surface area contributed by atoms with Gasteiger partial charge in [0.15, 0.2) is 0 Å². The minimum absolute atomic E-state index is 0. The van der Waals surface area contributed by atoms with Gasteiger partial charge in [-0.15, -0.1) is 12.8 Å². The van der Waals surface area contributed by atoms with Gasteiger partial charge in [-0.1, -0.05) is 39.5 Å². The number of halogens is 12. The Morgan fingerprint density at radius 1 is 0.562 bits per heavy atom. The van der Waals surface area contributed by atoms with Crippen molar-refractivity contribution >= 4 is 21.8 Å². The van der Waals surface area contributed by atoms with Crippen LogP contribution in [0.3, 0.4) is 0 Å². The molecule has 32 heavy (non-hydrogen) atoms. The molecular formula is C16H22B3CrF12. The molecule has 2 aliphatic carbocycles. The molecule has 1 radical (unpaired) electrons. The van der Waals surface area contributed by atoms with Crippen molar-refractivity contribution in [3.05, 3.63) is 47.6 Å². The Morgan fingerprint density at radius 2 is 0.750 bits per heavy atom. The molecule has 0 amide bonds. The summed E-state index contributed by atoms with van der Waals surface area (Å²) in [5, 5.41) is 0. The molecule has 0 heterocycles. The van der Waals surface area contributed by atoms with Crippen molar-refractivity contribution in [1.82, 2.24) is 0 Å². The Bertz CT molecular complexity index is 508. The van der Waals surface area contributed by atoms with Crippen LogP contribution in [-0.2, 0) is 17.4 Å². The van der Waals surface area contributed by atoms with E-state index >= 15 is 0 Å². The monoisotopic (exact) mass is 527 g/mol. The number of hydrogen-bond donors (Lipinski definition) is 0. The molecule has 0 saturated heterocycles. The third kappa shape index (κ3) is 51.5. The molecule has 16 heteroatoms. The summed E-state index contributed by atoms with van der Waals surface area (Å²) in [6.45, 7) is 8.77. The van der Waals surface area contributed by atoms with Gasteiger partial charge in [-0.2, -0.15) is 12.2 Å². The first-order valence-corrected chi connectivity index (χ1v) is 8.77. The van der Waals surface area contributed by atoms with E-state index in [4.69, 9.17) is 0 Å². The van der Waals surface area contributed by atoms with Crippen molar-refractivity contribution < 1.29 is 69.1 Å². The van der Waals surface area contributed by atoms with Crippen LogP contribution in [0, 0.1) is 24.0 Å². The van der Waals surface area contributed by atoms with Gasteiger partial charge in [-0.3, -0.25) is 12.2 Å². The van der Waals surface area contributed by atoms with Crippen LogP contribution in [0.5, 0.6) is 0 Å². The summed E-state index contributed by atoms with van der Waals surface area (Å²) in [4.78, 5) is 0. The third-order valence-corrected chi connectivity index (χ3v) is 2.69. The van der Waals surface area contributed by atoms with Gasteiger partial charge in [0, 0.05) is 0 Å². The first kappa shape index (κ1) is 38.1. The standard InChI is InChI=1S/2C8H11.3BF4.Cr/c2*1-7(2)8-5-3-4-6-8;3*2-1(3,4)5;/h2*3,5,7H,4H2,1-2H3;;;;/q5*-1;+5. The molecule has 2 aliphatic rings. The number of allylic oxidation sites excluding steroid dienone is 8. The molecule has 0 spiro atoms. The van der Waals surface area contributed by atoms with Crippen LogP contribution >= 0.6 is 0 Å². The van der Waals surface area contributed by atoms with E-state index in [1.165, 1.54) is 11.1 Å². The van der Waals surface area contributed by atoms with E-state index in [1.807, 2.05) is 0 Å². The van der Waals surface area contributed by atoms with Crippen molar-refractivity contribution in [3.63, 3.8) is 0 Å². The van der Waals surface area contributed by atoms with Crippen molar-refractivity contribution in [2.75, 3.05) is 0 Å². The second-order valence-corrected chi connectivity index (χ2v) is 6.27. The van der Waals surface area contributed by atoms with Crippen LogP contribution in [0.2, 0.25) is 0 Å². The molecule has 0 bridgehead atoms. The average molecular weight is 527 g/mol. The molecule has 0 aromatic heterocycles. The van der Waals surface area contributed by atoms with Crippen LogP contribution in [0.25, 0.3) is 0 Å². The van der Waals surface area contributed by atoms with Crippen LogP contribution in [0.15, 0.2) is 35.5 Å². The minimum atomic E-state index is -6.00. The SMILES string of the molecule is CC(C)C1=[C-]CC=C1.CC(C)C1=[C-]CC=C1.F[B-](F)(F)F.F[B-](F)(F)F.F[B-](F)(F)F.[Cr+5]. The second-order valence-electron chi connectivity index (χ2n) is 6.27. The maximum absolute atomic E-state index is 9.75. The van der Waals surface area contributed by atoms with Gasteiger partial charge in [0.2, 0.25) is 0 Å². The van der Waals surface area contributed by atoms with Crippen LogP contribution in [0.1, 0.15) is 40.5 Å². The summed E-state index contributed by atoms with van der Waals surface area (Å²) in [6.07, 6.45) is 17.2. The second kappa shape index (κ2) is 18.3. The van der Waals surface area contributed by atoms with Crippen molar-refractivity contribution in [3.8, 4) is 0 Å². The first-order valence-electron chi connectivity index (χ1n) is 8.77. The largest absolute Gasteiger partial charge is 5.00 e. The average Bonchev–Trinajstić information content (AvgIpc) is 3.17. The number of rotatable bonds is 2. The van der Waals surface area contributed by atoms with Crippen LogP contribution in [0.4, 0.5) is 51.8 Å². The summed E-state index contributed by atoms with van der Waals surface area (Å²) in [6, 6.07) is 0. The van der Waals surface area contributed by atoms with Gasteiger partial charge in [0.1, 0.15) is 0 Å². The molecule has 0 atom stereocenters. The van der Waals surface area contributed by atoms with Gasteiger partial charge in [0.25, 0.3) is 0 Å². The van der Waals surface area contributed by atoms with E-state index in [0.717, 1.165) is 12.8 Å². The molecule has 0 saturated carbocycles. The van der Waals surface area contributed by atoms with E-state index in [-0.39, 0.29) is 17.4 Å². The zero-order valence-electron chi connectivity index (χ0n) is 17.6. The predicted octanol–water partition coefficient (Wildman–Crippen LogP) is 8.56. The Hall–Kier alpha value is -1.15. The fraction of sp³-hybridized carbons (Fsp3) is 0.500. The number of hydrogen-bond acceptors (Lipinski definition) is 0. The normalized spacial score (nSPS) is 14.4. The molecule has 0 unspecified atom stereocenters. The molecule has 0 nitrogen and oxygen atoms in total. The van der Waals surface area contributed by atoms with Crippen molar-refractivity contribution in [2.24, 2.45) is 11.8 Å². The summed E-state index contributed by atoms with van der Waals surface area (Å²) in [7, 11) is -18.0. The summed E-state index contributed by atoms with van der Waals surface area (Å²) in [5.74, 6) is 1.32. The molecule has 0 fully saturated rings. The van der Waals surface area contributed by atoms with Gasteiger partial charge in [0.05, 0.1) is 0 Å². The van der Waals surface area contributed by atoms with E-state index in [9.17, 15) is 51.8 Å². The molecule has 0 aromatic rings. The van der Waals surface area contributed by atoms with Gasteiger partial charge in [-0.25, -0.2) is 23.3 Å². The third-order valence-electron chi connectivity index (χ3n) is 2.69. The Morgan fingerprint density at radius 3 is 0.812 bits per heavy atom. The van der Waals surface area contributed by atoms with E-state index in [0.29, 0.717) is 11.8 Å². The molecule has 2 rings (SSSR count). The van der Waals surface area contributed by atoms with Crippen LogP contribution in [-0.4, -0.2) is 21.8 Å². The van der Waals surface area contributed by atoms with E-state index in [1.54, 1.807) is 0 Å². The zero-order chi connectivity index (χ0) is 25.5. The van der Waals surface area contributed by atoms with Crippen molar-refractivity contribution in [1.29, 1.82) is 0 Å². The fourth-order valence-electron chi connectivity index (χ4n) is 1.64. The smallest absolute Gasteiger partial charge is 0.418 e. The molecule has 0 aromatic carbocycles. The maximum Gasteiger partial charge on any atom is 5.00 e. The minimum Gasteiger partial charge on any atom is -0.418 e. The molecule has 185 valence electrons. The first-order chi connectivity index (χ1) is 13.6. The molecular weight excluding hydrogens is 505 g/mol. The Balaban J connectivity index is -0.000000156.